The van der Waals surface area contributed by atoms with Crippen molar-refractivity contribution in [3.8, 4) is 11.5 Å². The summed E-state index contributed by atoms with van der Waals surface area (Å²) >= 11 is 0. The molecule has 0 saturated carbocycles. The molecule has 2 rings (SSSR count). The van der Waals surface area contributed by atoms with E-state index in [4.69, 9.17) is 9.47 Å². The van der Waals surface area contributed by atoms with Crippen molar-refractivity contribution >= 4 is 11.8 Å². The van der Waals surface area contributed by atoms with E-state index >= 15 is 0 Å². The Balaban J connectivity index is 1.90. The predicted octanol–water partition coefficient (Wildman–Crippen LogP) is 2.06. The summed E-state index contributed by atoms with van der Waals surface area (Å²) in [5.74, 6) is -1.23. The first-order valence-corrected chi connectivity index (χ1v) is 7.16. The van der Waals surface area contributed by atoms with Gasteiger partial charge in [-0.15, -0.1) is 0 Å². The maximum absolute atomic E-state index is 13.5. The van der Waals surface area contributed by atoms with E-state index in [9.17, 15) is 14.0 Å². The third kappa shape index (κ3) is 4.45. The zero-order valence-electron chi connectivity index (χ0n) is 13.2. The highest BCUT2D eigenvalue weighted by Crippen LogP contribution is 2.17. The van der Waals surface area contributed by atoms with Crippen molar-refractivity contribution < 1.29 is 23.5 Å². The molecule has 0 fully saturated rings. The van der Waals surface area contributed by atoms with Crippen molar-refractivity contribution in [3.05, 3.63) is 59.9 Å². The highest BCUT2D eigenvalue weighted by molar-refractivity contribution is 5.96. The summed E-state index contributed by atoms with van der Waals surface area (Å²) in [6.07, 6.45) is -0.993. The fourth-order valence-electron chi connectivity index (χ4n) is 1.84. The average molecular weight is 332 g/mol. The quantitative estimate of drug-likeness (QED) is 0.822. The maximum Gasteiger partial charge on any atom is 0.279 e. The largest absolute Gasteiger partial charge is 0.497 e. The Labute approximate surface area is 138 Å². The van der Waals surface area contributed by atoms with E-state index < -0.39 is 23.7 Å². The van der Waals surface area contributed by atoms with E-state index in [-0.39, 0.29) is 5.75 Å². The first-order valence-electron chi connectivity index (χ1n) is 7.16. The van der Waals surface area contributed by atoms with E-state index in [2.05, 4.69) is 10.9 Å². The summed E-state index contributed by atoms with van der Waals surface area (Å²) in [6, 6.07) is 12.2. The van der Waals surface area contributed by atoms with E-state index in [0.29, 0.717) is 11.3 Å². The minimum Gasteiger partial charge on any atom is -0.497 e. The van der Waals surface area contributed by atoms with Crippen LogP contribution in [0, 0.1) is 5.82 Å². The van der Waals surface area contributed by atoms with Crippen LogP contribution in [0.15, 0.2) is 48.5 Å². The van der Waals surface area contributed by atoms with Crippen LogP contribution in [0.3, 0.4) is 0 Å². The van der Waals surface area contributed by atoms with Gasteiger partial charge in [0, 0.05) is 5.56 Å². The Morgan fingerprint density at radius 2 is 1.83 bits per heavy atom. The van der Waals surface area contributed by atoms with Crippen LogP contribution in [0.5, 0.6) is 11.5 Å². The van der Waals surface area contributed by atoms with Crippen molar-refractivity contribution in [1.29, 1.82) is 0 Å². The highest BCUT2D eigenvalue weighted by Gasteiger charge is 2.17. The minimum atomic E-state index is -0.993. The average Bonchev–Trinajstić information content (AvgIpc) is 2.61. The number of benzene rings is 2. The second-order valence-electron chi connectivity index (χ2n) is 4.87. The fraction of sp³-hybridized carbons (Fsp3) is 0.176. The normalized spacial score (nSPS) is 11.3. The summed E-state index contributed by atoms with van der Waals surface area (Å²) in [5, 5.41) is 0. The Bertz CT molecular complexity index is 736. The number of rotatable bonds is 5. The first kappa shape index (κ1) is 17.3. The topological polar surface area (TPSA) is 76.7 Å². The number of amides is 2. The smallest absolute Gasteiger partial charge is 0.279 e. The number of hydrogen-bond donors (Lipinski definition) is 2. The number of hydrazine groups is 1. The SMILES string of the molecule is COc1cccc(C(=O)NNC(=O)C(C)Oc2ccccc2F)c1. The van der Waals surface area contributed by atoms with Gasteiger partial charge in [-0.2, -0.15) is 0 Å². The summed E-state index contributed by atoms with van der Waals surface area (Å²) in [4.78, 5) is 23.9. The van der Waals surface area contributed by atoms with Gasteiger partial charge in [-0.05, 0) is 37.3 Å². The summed E-state index contributed by atoms with van der Waals surface area (Å²) in [6.45, 7) is 1.44. The van der Waals surface area contributed by atoms with Crippen LogP contribution in [0.4, 0.5) is 4.39 Å². The Morgan fingerprint density at radius 3 is 2.54 bits per heavy atom. The third-order valence-electron chi connectivity index (χ3n) is 3.14. The van der Waals surface area contributed by atoms with Crippen molar-refractivity contribution in [3.63, 3.8) is 0 Å². The molecule has 0 aliphatic heterocycles. The van der Waals surface area contributed by atoms with Gasteiger partial charge >= 0.3 is 0 Å². The molecule has 0 heterocycles. The van der Waals surface area contributed by atoms with Crippen LogP contribution in [-0.4, -0.2) is 25.0 Å². The molecule has 0 radical (unpaired) electrons. The van der Waals surface area contributed by atoms with Gasteiger partial charge in [0.25, 0.3) is 11.8 Å². The molecule has 2 aromatic rings. The van der Waals surface area contributed by atoms with Gasteiger partial charge in [-0.25, -0.2) is 4.39 Å². The third-order valence-corrected chi connectivity index (χ3v) is 3.14. The molecule has 0 aliphatic rings. The van der Waals surface area contributed by atoms with Crippen LogP contribution in [0.25, 0.3) is 0 Å². The van der Waals surface area contributed by atoms with Gasteiger partial charge in [0.15, 0.2) is 17.7 Å². The Kier molecular flexibility index (Phi) is 5.73. The van der Waals surface area contributed by atoms with Gasteiger partial charge in [-0.3, -0.25) is 20.4 Å². The summed E-state index contributed by atoms with van der Waals surface area (Å²) < 4.78 is 23.7. The lowest BCUT2D eigenvalue weighted by Gasteiger charge is -2.15. The van der Waals surface area contributed by atoms with E-state index in [0.717, 1.165) is 0 Å². The number of carbonyl (C=O) groups excluding carboxylic acids is 2. The van der Waals surface area contributed by atoms with Crippen molar-refractivity contribution in [2.24, 2.45) is 0 Å². The molecule has 7 heteroatoms. The van der Waals surface area contributed by atoms with E-state index in [1.54, 1.807) is 24.3 Å². The molecule has 0 aromatic heterocycles. The highest BCUT2D eigenvalue weighted by atomic mass is 19.1. The maximum atomic E-state index is 13.5. The predicted molar refractivity (Wildman–Crippen MR) is 85.1 cm³/mol. The zero-order chi connectivity index (χ0) is 17.5. The number of nitrogens with one attached hydrogen (secondary N) is 2. The Morgan fingerprint density at radius 1 is 1.08 bits per heavy atom. The molecule has 2 amide bonds. The minimum absolute atomic E-state index is 0.0423. The molecule has 0 spiro atoms. The molecule has 1 atom stereocenters. The molecular weight excluding hydrogens is 315 g/mol. The Hall–Kier alpha value is -3.09. The van der Waals surface area contributed by atoms with Crippen LogP contribution in [0.1, 0.15) is 17.3 Å². The number of hydrogen-bond acceptors (Lipinski definition) is 4. The lowest BCUT2D eigenvalue weighted by Crippen LogP contribution is -2.47. The second kappa shape index (κ2) is 7.96. The number of methoxy groups -OCH3 is 1. The molecule has 0 bridgehead atoms. The fourth-order valence-corrected chi connectivity index (χ4v) is 1.84. The summed E-state index contributed by atoms with van der Waals surface area (Å²) in [5.41, 5.74) is 4.81. The van der Waals surface area contributed by atoms with Crippen LogP contribution in [0.2, 0.25) is 0 Å². The van der Waals surface area contributed by atoms with E-state index in [1.165, 1.54) is 38.3 Å². The lowest BCUT2D eigenvalue weighted by molar-refractivity contribution is -0.128. The molecule has 6 nitrogen and oxygen atoms in total. The molecule has 24 heavy (non-hydrogen) atoms. The molecule has 126 valence electrons. The van der Waals surface area contributed by atoms with E-state index in [1.807, 2.05) is 0 Å². The van der Waals surface area contributed by atoms with Gasteiger partial charge in [0.1, 0.15) is 5.75 Å². The van der Waals surface area contributed by atoms with Crippen LogP contribution < -0.4 is 20.3 Å². The molecule has 2 N–H and O–H groups in total. The van der Waals surface area contributed by atoms with Crippen molar-refractivity contribution in [2.75, 3.05) is 7.11 Å². The molecule has 0 aliphatic carbocycles. The first-order chi connectivity index (χ1) is 11.5. The molecular formula is C17H17FN2O4. The van der Waals surface area contributed by atoms with Crippen molar-refractivity contribution in [1.82, 2.24) is 10.9 Å². The number of para-hydroxylation sites is 1. The summed E-state index contributed by atoms with van der Waals surface area (Å²) in [7, 11) is 1.49. The van der Waals surface area contributed by atoms with Gasteiger partial charge in [0.2, 0.25) is 0 Å². The van der Waals surface area contributed by atoms with Gasteiger partial charge < -0.3 is 9.47 Å². The van der Waals surface area contributed by atoms with Gasteiger partial charge in [0.05, 0.1) is 7.11 Å². The van der Waals surface area contributed by atoms with Gasteiger partial charge in [-0.1, -0.05) is 18.2 Å². The molecule has 1 unspecified atom stereocenters. The number of halogens is 1. The van der Waals surface area contributed by atoms with Crippen molar-refractivity contribution in [2.45, 2.75) is 13.0 Å². The standard InChI is InChI=1S/C17H17FN2O4/c1-11(24-15-9-4-3-8-14(15)18)16(21)19-20-17(22)12-6-5-7-13(10-12)23-2/h3-11H,1-2H3,(H,19,21)(H,20,22). The molecule has 0 saturated heterocycles. The lowest BCUT2D eigenvalue weighted by atomic mass is 10.2. The number of ether oxygens (including phenoxy) is 2. The second-order valence-corrected chi connectivity index (χ2v) is 4.87. The van der Waals surface area contributed by atoms with Crippen LogP contribution in [-0.2, 0) is 4.79 Å². The van der Waals surface area contributed by atoms with Crippen LogP contribution >= 0.6 is 0 Å². The molecule has 2 aromatic carbocycles. The number of carbonyl (C=O) groups is 2. The monoisotopic (exact) mass is 332 g/mol. The zero-order valence-corrected chi connectivity index (χ0v) is 13.2.